The second-order valence-electron chi connectivity index (χ2n) is 4.51. The predicted octanol–water partition coefficient (Wildman–Crippen LogP) is 2.75. The van der Waals surface area contributed by atoms with Crippen molar-refractivity contribution in [3.63, 3.8) is 0 Å². The van der Waals surface area contributed by atoms with Gasteiger partial charge in [0.2, 0.25) is 0 Å². The minimum absolute atomic E-state index is 0.00206. The lowest BCUT2D eigenvalue weighted by Crippen LogP contribution is -2.34. The topological polar surface area (TPSA) is 58.6 Å². The standard InChI is InChI=1S/C13H18FNO3/c1-4-18-13(2,3)8-15-11-9(12(16)17)6-5-7-10(11)14/h5-7,15H,4,8H2,1-3H3,(H,16,17). The fourth-order valence-corrected chi connectivity index (χ4v) is 1.63. The van der Waals surface area contributed by atoms with Crippen molar-refractivity contribution in [2.75, 3.05) is 18.5 Å². The molecule has 0 aromatic heterocycles. The minimum atomic E-state index is -1.16. The number of rotatable bonds is 6. The average molecular weight is 255 g/mol. The van der Waals surface area contributed by atoms with Crippen LogP contribution in [0.15, 0.2) is 18.2 Å². The van der Waals surface area contributed by atoms with Gasteiger partial charge in [0, 0.05) is 13.2 Å². The highest BCUT2D eigenvalue weighted by Gasteiger charge is 2.20. The van der Waals surface area contributed by atoms with Gasteiger partial charge in [0.1, 0.15) is 5.82 Å². The normalized spacial score (nSPS) is 11.3. The molecule has 0 aliphatic carbocycles. The van der Waals surface area contributed by atoms with Gasteiger partial charge in [0.05, 0.1) is 16.9 Å². The fourth-order valence-electron chi connectivity index (χ4n) is 1.63. The van der Waals surface area contributed by atoms with Gasteiger partial charge in [0.15, 0.2) is 0 Å². The van der Waals surface area contributed by atoms with Crippen molar-refractivity contribution >= 4 is 11.7 Å². The van der Waals surface area contributed by atoms with E-state index in [1.54, 1.807) is 0 Å². The zero-order valence-corrected chi connectivity index (χ0v) is 10.8. The first-order valence-electron chi connectivity index (χ1n) is 5.77. The van der Waals surface area contributed by atoms with E-state index < -0.39 is 17.4 Å². The molecule has 0 saturated carbocycles. The molecule has 5 heteroatoms. The molecule has 0 radical (unpaired) electrons. The number of carboxylic acid groups (broad SMARTS) is 1. The van der Waals surface area contributed by atoms with Gasteiger partial charge in [-0.3, -0.25) is 0 Å². The molecule has 0 saturated heterocycles. The lowest BCUT2D eigenvalue weighted by molar-refractivity contribution is 0.000621. The summed E-state index contributed by atoms with van der Waals surface area (Å²) in [7, 11) is 0. The van der Waals surface area contributed by atoms with Crippen LogP contribution in [0.3, 0.4) is 0 Å². The van der Waals surface area contributed by atoms with Gasteiger partial charge in [-0.05, 0) is 32.9 Å². The first-order chi connectivity index (χ1) is 8.37. The van der Waals surface area contributed by atoms with E-state index in [2.05, 4.69) is 5.32 Å². The molecule has 0 atom stereocenters. The Balaban J connectivity index is 2.87. The van der Waals surface area contributed by atoms with Crippen LogP contribution < -0.4 is 5.32 Å². The maximum Gasteiger partial charge on any atom is 0.337 e. The minimum Gasteiger partial charge on any atom is -0.478 e. The molecule has 0 aliphatic rings. The Kier molecular flexibility index (Phi) is 4.67. The van der Waals surface area contributed by atoms with E-state index in [4.69, 9.17) is 9.84 Å². The van der Waals surface area contributed by atoms with Crippen LogP contribution in [0.25, 0.3) is 0 Å². The summed E-state index contributed by atoms with van der Waals surface area (Å²) < 4.78 is 19.1. The van der Waals surface area contributed by atoms with Crippen molar-refractivity contribution in [2.24, 2.45) is 0 Å². The third-order valence-corrected chi connectivity index (χ3v) is 2.47. The molecular weight excluding hydrogens is 237 g/mol. The Morgan fingerprint density at radius 2 is 2.17 bits per heavy atom. The van der Waals surface area contributed by atoms with Crippen molar-refractivity contribution in [2.45, 2.75) is 26.4 Å². The number of ether oxygens (including phenoxy) is 1. The van der Waals surface area contributed by atoms with Crippen molar-refractivity contribution in [1.82, 2.24) is 0 Å². The fraction of sp³-hybridized carbons (Fsp3) is 0.462. The van der Waals surface area contributed by atoms with E-state index in [0.717, 1.165) is 0 Å². The third-order valence-electron chi connectivity index (χ3n) is 2.47. The summed E-state index contributed by atoms with van der Waals surface area (Å²) in [4.78, 5) is 11.0. The van der Waals surface area contributed by atoms with Crippen LogP contribution in [0.1, 0.15) is 31.1 Å². The van der Waals surface area contributed by atoms with Gasteiger partial charge < -0.3 is 15.2 Å². The highest BCUT2D eigenvalue weighted by atomic mass is 19.1. The van der Waals surface area contributed by atoms with Crippen LogP contribution in [0.4, 0.5) is 10.1 Å². The lowest BCUT2D eigenvalue weighted by atomic mass is 10.1. The Labute approximate surface area is 106 Å². The number of hydrogen-bond acceptors (Lipinski definition) is 3. The Morgan fingerprint density at radius 1 is 1.50 bits per heavy atom. The summed E-state index contributed by atoms with van der Waals surface area (Å²) >= 11 is 0. The van der Waals surface area contributed by atoms with Crippen LogP contribution in [-0.2, 0) is 4.74 Å². The first-order valence-corrected chi connectivity index (χ1v) is 5.77. The van der Waals surface area contributed by atoms with Gasteiger partial charge in [0.25, 0.3) is 0 Å². The molecule has 0 heterocycles. The molecule has 1 rings (SSSR count). The molecule has 0 amide bonds. The van der Waals surface area contributed by atoms with E-state index in [9.17, 15) is 9.18 Å². The summed E-state index contributed by atoms with van der Waals surface area (Å²) in [5, 5.41) is 11.8. The monoisotopic (exact) mass is 255 g/mol. The van der Waals surface area contributed by atoms with Crippen LogP contribution in [-0.4, -0.2) is 29.8 Å². The zero-order chi connectivity index (χ0) is 13.8. The molecule has 100 valence electrons. The van der Waals surface area contributed by atoms with Crippen LogP contribution in [0, 0.1) is 5.82 Å². The molecule has 4 nitrogen and oxygen atoms in total. The number of carbonyl (C=O) groups is 1. The van der Waals surface area contributed by atoms with Gasteiger partial charge in [-0.15, -0.1) is 0 Å². The summed E-state index contributed by atoms with van der Waals surface area (Å²) in [5.41, 5.74) is -0.577. The molecule has 0 spiro atoms. The van der Waals surface area contributed by atoms with Crippen LogP contribution >= 0.6 is 0 Å². The van der Waals surface area contributed by atoms with E-state index in [1.165, 1.54) is 18.2 Å². The Morgan fingerprint density at radius 3 is 2.72 bits per heavy atom. The summed E-state index contributed by atoms with van der Waals surface area (Å²) in [5.74, 6) is -1.74. The van der Waals surface area contributed by atoms with Crippen LogP contribution in [0.5, 0.6) is 0 Å². The number of carboxylic acids is 1. The molecule has 0 fully saturated rings. The molecule has 1 aromatic rings. The van der Waals surface area contributed by atoms with E-state index in [0.29, 0.717) is 13.2 Å². The molecule has 1 aromatic carbocycles. The number of hydrogen-bond donors (Lipinski definition) is 2. The van der Waals surface area contributed by atoms with E-state index >= 15 is 0 Å². The Bertz CT molecular complexity index is 432. The van der Waals surface area contributed by atoms with E-state index in [1.807, 2.05) is 20.8 Å². The second-order valence-corrected chi connectivity index (χ2v) is 4.51. The number of halogens is 1. The molecule has 0 unspecified atom stereocenters. The van der Waals surface area contributed by atoms with Gasteiger partial charge in [-0.25, -0.2) is 9.18 Å². The number of benzene rings is 1. The number of para-hydroxylation sites is 1. The summed E-state index contributed by atoms with van der Waals surface area (Å²) in [6, 6.07) is 3.96. The SMILES string of the molecule is CCOC(C)(C)CNc1c(F)cccc1C(=O)O. The summed E-state index contributed by atoms with van der Waals surface area (Å²) in [6.07, 6.45) is 0. The third kappa shape index (κ3) is 3.70. The van der Waals surface area contributed by atoms with Gasteiger partial charge in [-0.2, -0.15) is 0 Å². The molecule has 18 heavy (non-hydrogen) atoms. The molecule has 2 N–H and O–H groups in total. The van der Waals surface area contributed by atoms with Crippen molar-refractivity contribution < 1.29 is 19.0 Å². The highest BCUT2D eigenvalue weighted by molar-refractivity contribution is 5.94. The smallest absolute Gasteiger partial charge is 0.337 e. The second kappa shape index (κ2) is 5.82. The van der Waals surface area contributed by atoms with E-state index in [-0.39, 0.29) is 11.3 Å². The quantitative estimate of drug-likeness (QED) is 0.820. The average Bonchev–Trinajstić information content (AvgIpc) is 2.26. The highest BCUT2D eigenvalue weighted by Crippen LogP contribution is 2.21. The molecular formula is C13H18FNO3. The Hall–Kier alpha value is -1.62. The number of aromatic carboxylic acids is 1. The van der Waals surface area contributed by atoms with Crippen molar-refractivity contribution in [3.8, 4) is 0 Å². The van der Waals surface area contributed by atoms with Crippen LogP contribution in [0.2, 0.25) is 0 Å². The number of anilines is 1. The van der Waals surface area contributed by atoms with Crippen molar-refractivity contribution in [3.05, 3.63) is 29.6 Å². The maximum atomic E-state index is 13.6. The van der Waals surface area contributed by atoms with Gasteiger partial charge in [-0.1, -0.05) is 6.07 Å². The largest absolute Gasteiger partial charge is 0.478 e. The first kappa shape index (κ1) is 14.4. The molecule has 0 aliphatic heterocycles. The van der Waals surface area contributed by atoms with Gasteiger partial charge >= 0.3 is 5.97 Å². The number of nitrogens with one attached hydrogen (secondary N) is 1. The molecule has 0 bridgehead atoms. The lowest BCUT2D eigenvalue weighted by Gasteiger charge is -2.26. The maximum absolute atomic E-state index is 13.6. The zero-order valence-electron chi connectivity index (χ0n) is 10.8. The van der Waals surface area contributed by atoms with Crippen molar-refractivity contribution in [1.29, 1.82) is 0 Å². The summed E-state index contributed by atoms with van der Waals surface area (Å²) in [6.45, 7) is 6.43. The predicted molar refractivity (Wildman–Crippen MR) is 67.6 cm³/mol.